The van der Waals surface area contributed by atoms with Crippen LogP contribution in [-0.2, 0) is 32.6 Å². The van der Waals surface area contributed by atoms with Crippen molar-refractivity contribution in [3.05, 3.63) is 29.8 Å². The van der Waals surface area contributed by atoms with Gasteiger partial charge in [0.05, 0.1) is 0 Å². The van der Waals surface area contributed by atoms with Gasteiger partial charge in [0.1, 0.15) is 0 Å². The van der Waals surface area contributed by atoms with Gasteiger partial charge in [-0.05, 0) is 0 Å². The Morgan fingerprint density at radius 3 is 1.28 bits per heavy atom. The van der Waals surface area contributed by atoms with Crippen molar-refractivity contribution in [3.8, 4) is 0 Å². The average molecular weight is 334 g/mol. The molecular formula is C14H26O3Zr. The summed E-state index contributed by atoms with van der Waals surface area (Å²) in [5.74, 6) is 0. The third-order valence-corrected chi connectivity index (χ3v) is 1.27. The van der Waals surface area contributed by atoms with Crippen LogP contribution in [0.5, 0.6) is 0 Å². The van der Waals surface area contributed by atoms with Crippen molar-refractivity contribution in [2.24, 2.45) is 0 Å². The minimum absolute atomic E-state index is 0. The van der Waals surface area contributed by atoms with E-state index in [0.717, 1.165) is 0 Å². The first kappa shape index (κ1) is 26.6. The van der Waals surface area contributed by atoms with Gasteiger partial charge in [0.25, 0.3) is 0 Å². The molecule has 0 aromatic heterocycles. The summed E-state index contributed by atoms with van der Waals surface area (Å²) in [6.07, 6.45) is 2.48. The predicted octanol–water partition coefficient (Wildman–Crippen LogP) is 0.455. The molecule has 0 amide bonds. The molecule has 0 fully saturated rings. The Balaban J connectivity index is -0.0000000840. The molecule has 0 saturated carbocycles. The van der Waals surface area contributed by atoms with E-state index in [-0.39, 0.29) is 46.0 Å². The van der Waals surface area contributed by atoms with E-state index in [1.165, 1.54) is 18.4 Å². The van der Waals surface area contributed by atoms with E-state index in [4.69, 9.17) is 15.3 Å². The smallest absolute Gasteiger partial charge is 0.855 e. The number of aryl methyl sites for hydroxylation is 1. The summed E-state index contributed by atoms with van der Waals surface area (Å²) in [5.41, 5.74) is 1.47. The van der Waals surface area contributed by atoms with Gasteiger partial charge in [0.2, 0.25) is 0 Å². The van der Waals surface area contributed by atoms with Crippen LogP contribution in [-0.4, -0.2) is 19.8 Å². The summed E-state index contributed by atoms with van der Waals surface area (Å²) >= 11 is 0. The Hall–Kier alpha value is 0.113. The zero-order chi connectivity index (χ0) is 13.9. The predicted molar refractivity (Wildman–Crippen MR) is 67.7 cm³/mol. The normalized spacial score (nSPS) is 7.28. The van der Waals surface area contributed by atoms with Crippen molar-refractivity contribution in [3.63, 3.8) is 0 Å². The molecule has 104 valence electrons. The van der Waals surface area contributed by atoms with E-state index >= 15 is 0 Å². The molecule has 1 aromatic rings. The van der Waals surface area contributed by atoms with Gasteiger partial charge < -0.3 is 15.3 Å². The van der Waals surface area contributed by atoms with Crippen molar-refractivity contribution >= 4 is 0 Å². The fourth-order valence-corrected chi connectivity index (χ4v) is 0.869. The van der Waals surface area contributed by atoms with Crippen LogP contribution in [0.2, 0.25) is 0 Å². The average Bonchev–Trinajstić information content (AvgIpc) is 2.75. The molecule has 0 atom stereocenters. The zero-order valence-corrected chi connectivity index (χ0v) is 14.5. The molecule has 0 spiro atoms. The first-order valence-electron chi connectivity index (χ1n) is 6.13. The van der Waals surface area contributed by atoms with Crippen LogP contribution in [0.3, 0.4) is 0 Å². The summed E-state index contributed by atoms with van der Waals surface area (Å²) in [4.78, 5) is 0. The Labute approximate surface area is 131 Å². The van der Waals surface area contributed by atoms with Gasteiger partial charge in [-0.25, -0.2) is 12.1 Å². The number of hydrogen-bond donors (Lipinski definition) is 0. The van der Waals surface area contributed by atoms with Crippen LogP contribution < -0.4 is 15.3 Å². The molecule has 1 rings (SSSR count). The second-order valence-corrected chi connectivity index (χ2v) is 2.91. The minimum Gasteiger partial charge on any atom is -0.855 e. The Morgan fingerprint density at radius 2 is 1.06 bits per heavy atom. The molecule has 1 aromatic carbocycles. The van der Waals surface area contributed by atoms with Crippen molar-refractivity contribution in [1.29, 1.82) is 0 Å². The van der Waals surface area contributed by atoms with Crippen LogP contribution in [0.1, 0.15) is 39.7 Å². The second-order valence-electron chi connectivity index (χ2n) is 2.91. The zero-order valence-electron chi connectivity index (χ0n) is 12.1. The summed E-state index contributed by atoms with van der Waals surface area (Å²) in [6.45, 7) is 6.91. The van der Waals surface area contributed by atoms with Crippen LogP contribution in [0, 0.1) is 0 Å². The first-order valence-corrected chi connectivity index (χ1v) is 6.13. The summed E-state index contributed by atoms with van der Waals surface area (Å²) in [7, 11) is 0. The van der Waals surface area contributed by atoms with E-state index in [1.54, 1.807) is 20.8 Å². The van der Waals surface area contributed by atoms with Crippen molar-refractivity contribution in [2.75, 3.05) is 19.8 Å². The Kier molecular flexibility index (Phi) is 44.8. The van der Waals surface area contributed by atoms with E-state index in [9.17, 15) is 0 Å². The van der Waals surface area contributed by atoms with Crippen molar-refractivity contribution in [1.82, 2.24) is 0 Å². The monoisotopic (exact) mass is 332 g/mol. The molecule has 0 aliphatic heterocycles. The number of hydrogen-bond acceptors (Lipinski definition) is 3. The van der Waals surface area contributed by atoms with Gasteiger partial charge in [-0.15, -0.1) is 19.8 Å². The summed E-state index contributed by atoms with van der Waals surface area (Å²) in [6, 6.07) is 8.52. The second kappa shape index (κ2) is 30.3. The van der Waals surface area contributed by atoms with E-state index in [2.05, 4.69) is 31.2 Å². The standard InChI is InChI=1S/C8H11.3C2H5O.Zr/c1-2-5-8-6-3-4-7-8;3*1-2-3;/h3-4,6-7H,2,5H2,1H3;3*2H2,1H3;/q4*-1;+4. The summed E-state index contributed by atoms with van der Waals surface area (Å²) < 4.78 is 0. The van der Waals surface area contributed by atoms with Crippen molar-refractivity contribution in [2.45, 2.75) is 40.5 Å². The molecule has 0 saturated heterocycles. The van der Waals surface area contributed by atoms with Crippen LogP contribution in [0.4, 0.5) is 0 Å². The van der Waals surface area contributed by atoms with Gasteiger partial charge in [0, 0.05) is 0 Å². The van der Waals surface area contributed by atoms with E-state index in [0.29, 0.717) is 0 Å². The maximum absolute atomic E-state index is 8.93. The van der Waals surface area contributed by atoms with Crippen LogP contribution >= 0.6 is 0 Å². The number of rotatable bonds is 2. The fourth-order valence-electron chi connectivity index (χ4n) is 0.869. The fraction of sp³-hybridized carbons (Fsp3) is 0.643. The molecule has 0 unspecified atom stereocenters. The van der Waals surface area contributed by atoms with E-state index < -0.39 is 0 Å². The molecule has 0 aliphatic rings. The molecule has 0 radical (unpaired) electrons. The molecule has 0 heterocycles. The van der Waals surface area contributed by atoms with Crippen molar-refractivity contribution < 1.29 is 41.5 Å². The molecule has 18 heavy (non-hydrogen) atoms. The first-order chi connectivity index (χ1) is 8.17. The van der Waals surface area contributed by atoms with Gasteiger partial charge in [-0.1, -0.05) is 40.5 Å². The maximum atomic E-state index is 8.93. The molecule has 0 N–H and O–H groups in total. The Morgan fingerprint density at radius 1 is 0.778 bits per heavy atom. The molecule has 3 nitrogen and oxygen atoms in total. The minimum atomic E-state index is 0. The van der Waals surface area contributed by atoms with E-state index in [1.807, 2.05) is 0 Å². The van der Waals surface area contributed by atoms with Gasteiger partial charge >= 0.3 is 26.2 Å². The molecular weight excluding hydrogens is 307 g/mol. The van der Waals surface area contributed by atoms with Gasteiger partial charge in [-0.2, -0.15) is 17.7 Å². The third kappa shape index (κ3) is 36.0. The van der Waals surface area contributed by atoms with Crippen LogP contribution in [0.15, 0.2) is 24.3 Å². The van der Waals surface area contributed by atoms with Gasteiger partial charge in [0.15, 0.2) is 0 Å². The van der Waals surface area contributed by atoms with Crippen LogP contribution in [0.25, 0.3) is 0 Å². The van der Waals surface area contributed by atoms with Gasteiger partial charge in [-0.3, -0.25) is 0 Å². The summed E-state index contributed by atoms with van der Waals surface area (Å²) in [5, 5.41) is 26.8. The topological polar surface area (TPSA) is 69.2 Å². The SMILES string of the molecule is CCC[c-]1cccc1.CC[O-].CC[O-].CC[O-].[Zr+4]. The largest absolute Gasteiger partial charge is 4.00 e. The third-order valence-electron chi connectivity index (χ3n) is 1.27. The maximum Gasteiger partial charge on any atom is 4.00 e. The molecule has 4 heteroatoms. The Bertz CT molecular complexity index is 172. The molecule has 0 bridgehead atoms. The molecule has 0 aliphatic carbocycles. The quantitative estimate of drug-likeness (QED) is 0.738.